The van der Waals surface area contributed by atoms with Gasteiger partial charge in [-0.2, -0.15) is 13.2 Å². The van der Waals surface area contributed by atoms with Crippen molar-refractivity contribution in [1.29, 1.82) is 0 Å². The van der Waals surface area contributed by atoms with Crippen LogP contribution in [-0.2, 0) is 17.5 Å². The molecule has 1 aromatic carbocycles. The van der Waals surface area contributed by atoms with E-state index in [0.29, 0.717) is 43.3 Å². The minimum absolute atomic E-state index is 0.0784. The Hall–Kier alpha value is -2.59. The zero-order valence-corrected chi connectivity index (χ0v) is 16.5. The Morgan fingerprint density at radius 3 is 2.53 bits per heavy atom. The van der Waals surface area contributed by atoms with E-state index in [4.69, 9.17) is 18.9 Å². The summed E-state index contributed by atoms with van der Waals surface area (Å²) >= 11 is 0. The lowest BCUT2D eigenvalue weighted by Gasteiger charge is -2.32. The van der Waals surface area contributed by atoms with Crippen molar-refractivity contribution >= 4 is 0 Å². The molecule has 0 saturated carbocycles. The number of hydrogen-bond acceptors (Lipinski definition) is 6. The molecule has 0 bridgehead atoms. The van der Waals surface area contributed by atoms with Crippen LogP contribution in [0.15, 0.2) is 30.5 Å². The molecule has 0 N–H and O–H groups in total. The minimum Gasteiger partial charge on any atom is -0.493 e. The number of ether oxygens (including phenoxy) is 4. The normalized spacial score (nSPS) is 17.6. The largest absolute Gasteiger partial charge is 0.493 e. The fraction of sp³-hybridized carbons (Fsp3) is 0.450. The maximum Gasteiger partial charge on any atom is 0.417 e. The first-order valence-electron chi connectivity index (χ1n) is 9.20. The number of pyridine rings is 1. The van der Waals surface area contributed by atoms with E-state index in [9.17, 15) is 17.6 Å². The maximum absolute atomic E-state index is 14.4. The Morgan fingerprint density at radius 1 is 1.17 bits per heavy atom. The number of hydrogen-bond donors (Lipinski definition) is 0. The van der Waals surface area contributed by atoms with Gasteiger partial charge in [0.2, 0.25) is 5.88 Å². The van der Waals surface area contributed by atoms with Crippen LogP contribution in [-0.4, -0.2) is 56.5 Å². The number of aromatic nitrogens is 1. The second-order valence-corrected chi connectivity index (χ2v) is 6.72. The molecule has 10 heteroatoms. The Kier molecular flexibility index (Phi) is 6.99. The van der Waals surface area contributed by atoms with E-state index in [-0.39, 0.29) is 18.6 Å². The SMILES string of the molecule is COc1cc(F)c(CN2CCOC(COc3ccc(C(F)(F)F)cn3)C2)cc1OC. The second-order valence-electron chi connectivity index (χ2n) is 6.72. The summed E-state index contributed by atoms with van der Waals surface area (Å²) in [6.45, 7) is 1.94. The molecule has 30 heavy (non-hydrogen) atoms. The van der Waals surface area contributed by atoms with Crippen molar-refractivity contribution in [3.05, 3.63) is 47.4 Å². The first-order chi connectivity index (χ1) is 14.3. The van der Waals surface area contributed by atoms with E-state index >= 15 is 0 Å². The van der Waals surface area contributed by atoms with Crippen LogP contribution >= 0.6 is 0 Å². The number of rotatable bonds is 7. The molecular formula is C20H22F4N2O4. The van der Waals surface area contributed by atoms with Crippen molar-refractivity contribution in [2.45, 2.75) is 18.8 Å². The van der Waals surface area contributed by atoms with Gasteiger partial charge in [0.1, 0.15) is 18.5 Å². The van der Waals surface area contributed by atoms with Gasteiger partial charge in [-0.1, -0.05) is 0 Å². The summed E-state index contributed by atoms with van der Waals surface area (Å²) in [4.78, 5) is 5.68. The van der Waals surface area contributed by atoms with E-state index < -0.39 is 17.6 Å². The summed E-state index contributed by atoms with van der Waals surface area (Å²) in [6, 6.07) is 4.96. The Balaban J connectivity index is 1.57. The number of methoxy groups -OCH3 is 2. The number of nitrogens with zero attached hydrogens (tertiary/aromatic N) is 2. The third-order valence-corrected chi connectivity index (χ3v) is 4.65. The minimum atomic E-state index is -4.45. The van der Waals surface area contributed by atoms with Crippen molar-refractivity contribution < 1.29 is 36.5 Å². The Labute approximate surface area is 171 Å². The van der Waals surface area contributed by atoms with Gasteiger partial charge < -0.3 is 18.9 Å². The molecule has 1 aromatic heterocycles. The van der Waals surface area contributed by atoms with Gasteiger partial charge in [-0.3, -0.25) is 4.90 Å². The number of alkyl halides is 3. The summed E-state index contributed by atoms with van der Waals surface area (Å²) in [5.74, 6) is 0.432. The first kappa shape index (κ1) is 22.1. The summed E-state index contributed by atoms with van der Waals surface area (Å²) in [7, 11) is 2.92. The molecule has 0 spiro atoms. The predicted octanol–water partition coefficient (Wildman–Crippen LogP) is 3.54. The summed E-state index contributed by atoms with van der Waals surface area (Å²) in [6.07, 6.45) is -4.05. The van der Waals surface area contributed by atoms with Gasteiger partial charge in [-0.15, -0.1) is 0 Å². The molecule has 3 rings (SSSR count). The molecule has 1 atom stereocenters. The van der Waals surface area contributed by atoms with Gasteiger partial charge in [0.25, 0.3) is 0 Å². The van der Waals surface area contributed by atoms with E-state index in [1.807, 2.05) is 4.90 Å². The van der Waals surface area contributed by atoms with E-state index in [1.54, 1.807) is 6.07 Å². The quantitative estimate of drug-likeness (QED) is 0.627. The van der Waals surface area contributed by atoms with E-state index in [1.165, 1.54) is 26.4 Å². The second kappa shape index (κ2) is 9.48. The molecule has 1 saturated heterocycles. The van der Waals surface area contributed by atoms with Gasteiger partial charge in [0.15, 0.2) is 11.5 Å². The van der Waals surface area contributed by atoms with Gasteiger partial charge in [0.05, 0.1) is 26.4 Å². The zero-order valence-electron chi connectivity index (χ0n) is 16.5. The third kappa shape index (κ3) is 5.51. The average molecular weight is 430 g/mol. The Morgan fingerprint density at radius 2 is 1.90 bits per heavy atom. The van der Waals surface area contributed by atoms with Crippen LogP contribution in [0.3, 0.4) is 0 Å². The van der Waals surface area contributed by atoms with Crippen molar-refractivity contribution in [2.75, 3.05) is 40.5 Å². The summed E-state index contributed by atoms with van der Waals surface area (Å²) in [5, 5.41) is 0. The smallest absolute Gasteiger partial charge is 0.417 e. The molecule has 164 valence electrons. The lowest BCUT2D eigenvalue weighted by atomic mass is 10.1. The van der Waals surface area contributed by atoms with Gasteiger partial charge in [-0.25, -0.2) is 9.37 Å². The third-order valence-electron chi connectivity index (χ3n) is 4.65. The molecular weight excluding hydrogens is 408 g/mol. The van der Waals surface area contributed by atoms with Crippen LogP contribution in [0.2, 0.25) is 0 Å². The average Bonchev–Trinajstić information content (AvgIpc) is 2.73. The predicted molar refractivity (Wildman–Crippen MR) is 99.3 cm³/mol. The van der Waals surface area contributed by atoms with E-state index in [0.717, 1.165) is 12.3 Å². The van der Waals surface area contributed by atoms with Crippen LogP contribution < -0.4 is 14.2 Å². The van der Waals surface area contributed by atoms with Crippen molar-refractivity contribution in [3.8, 4) is 17.4 Å². The van der Waals surface area contributed by atoms with Crippen LogP contribution in [0.1, 0.15) is 11.1 Å². The van der Waals surface area contributed by atoms with Gasteiger partial charge in [-0.05, 0) is 12.1 Å². The fourth-order valence-corrected chi connectivity index (χ4v) is 3.09. The molecule has 1 unspecified atom stereocenters. The van der Waals surface area contributed by atoms with Crippen LogP contribution in [0, 0.1) is 5.82 Å². The van der Waals surface area contributed by atoms with Crippen LogP contribution in [0.4, 0.5) is 17.6 Å². The lowest BCUT2D eigenvalue weighted by molar-refractivity contribution is -0.137. The number of morpholine rings is 1. The fourth-order valence-electron chi connectivity index (χ4n) is 3.09. The number of halogens is 4. The Bertz CT molecular complexity index is 846. The molecule has 0 radical (unpaired) electrons. The molecule has 2 aromatic rings. The van der Waals surface area contributed by atoms with Crippen molar-refractivity contribution in [3.63, 3.8) is 0 Å². The molecule has 0 aliphatic carbocycles. The van der Waals surface area contributed by atoms with Gasteiger partial charge >= 0.3 is 6.18 Å². The maximum atomic E-state index is 14.4. The highest BCUT2D eigenvalue weighted by Crippen LogP contribution is 2.31. The standard InChI is InChI=1S/C20H22F4N2O4/c1-27-17-7-13(16(21)8-18(17)28-2)10-26-5-6-29-15(11-26)12-30-19-4-3-14(9-25-19)20(22,23)24/h3-4,7-9,15H,5-6,10-12H2,1-2H3. The van der Waals surface area contributed by atoms with Crippen LogP contribution in [0.5, 0.6) is 17.4 Å². The summed E-state index contributed by atoms with van der Waals surface area (Å²) in [5.41, 5.74) is -0.384. The summed E-state index contributed by atoms with van der Waals surface area (Å²) < 4.78 is 73.6. The molecule has 1 fully saturated rings. The molecule has 1 aliphatic rings. The first-order valence-corrected chi connectivity index (χ1v) is 9.20. The van der Waals surface area contributed by atoms with Crippen molar-refractivity contribution in [1.82, 2.24) is 9.88 Å². The number of benzene rings is 1. The van der Waals surface area contributed by atoms with E-state index in [2.05, 4.69) is 4.98 Å². The zero-order chi connectivity index (χ0) is 21.7. The van der Waals surface area contributed by atoms with Gasteiger partial charge in [0, 0.05) is 43.5 Å². The molecule has 1 aliphatic heterocycles. The highest BCUT2D eigenvalue weighted by Gasteiger charge is 2.31. The highest BCUT2D eigenvalue weighted by molar-refractivity contribution is 5.43. The molecule has 2 heterocycles. The monoisotopic (exact) mass is 430 g/mol. The topological polar surface area (TPSA) is 53.1 Å². The van der Waals surface area contributed by atoms with Crippen LogP contribution in [0.25, 0.3) is 0 Å². The van der Waals surface area contributed by atoms with Crippen molar-refractivity contribution in [2.24, 2.45) is 0 Å². The molecule has 0 amide bonds. The molecule has 6 nitrogen and oxygen atoms in total. The highest BCUT2D eigenvalue weighted by atomic mass is 19.4. The lowest BCUT2D eigenvalue weighted by Crippen LogP contribution is -2.44.